The molecule has 2 aromatic rings. The van der Waals surface area contributed by atoms with E-state index in [2.05, 4.69) is 52.0 Å². The molecule has 6 heteroatoms. The number of hydrogen-bond donors (Lipinski definition) is 0. The van der Waals surface area contributed by atoms with Gasteiger partial charge in [0.05, 0.1) is 0 Å². The minimum absolute atomic E-state index is 0. The van der Waals surface area contributed by atoms with Gasteiger partial charge in [0.1, 0.15) is 16.6 Å². The molecule has 176 valence electrons. The summed E-state index contributed by atoms with van der Waals surface area (Å²) >= 11 is 0. The van der Waals surface area contributed by atoms with Gasteiger partial charge in [0.25, 0.3) is 0 Å². The van der Waals surface area contributed by atoms with Gasteiger partial charge in [-0.15, -0.1) is 10.4 Å². The molecule has 4 rings (SSSR count). The van der Waals surface area contributed by atoms with Gasteiger partial charge in [0.15, 0.2) is 0 Å². The Bertz CT molecular complexity index is 769. The number of hydrogen-bond acceptors (Lipinski definition) is 1. The van der Waals surface area contributed by atoms with Gasteiger partial charge in [-0.25, -0.2) is 12.1 Å². The van der Waals surface area contributed by atoms with Crippen molar-refractivity contribution in [3.05, 3.63) is 46.5 Å². The predicted molar refractivity (Wildman–Crippen MR) is 131 cm³/mol. The second-order valence-electron chi connectivity index (χ2n) is 9.42. The maximum atomic E-state index is 7.72. The van der Waals surface area contributed by atoms with E-state index in [1.165, 1.54) is 75.5 Å². The molecular formula is C26H40Cl2OSi2Zr. The van der Waals surface area contributed by atoms with Crippen molar-refractivity contribution in [3.63, 3.8) is 0 Å². The Labute approximate surface area is 230 Å². The second-order valence-corrected chi connectivity index (χ2v) is 18.1. The molecule has 0 unspecified atom stereocenters. The molecule has 32 heavy (non-hydrogen) atoms. The van der Waals surface area contributed by atoms with E-state index in [0.717, 1.165) is 0 Å². The quantitative estimate of drug-likeness (QED) is 0.313. The van der Waals surface area contributed by atoms with Gasteiger partial charge in [-0.05, 0) is 24.2 Å². The molecule has 0 aromatic heterocycles. The topological polar surface area (TPSA) is 9.23 Å². The molecule has 0 saturated heterocycles. The van der Waals surface area contributed by atoms with Crippen LogP contribution >= 0.6 is 0 Å². The molecule has 0 N–H and O–H groups in total. The van der Waals surface area contributed by atoms with Crippen LogP contribution in [0.3, 0.4) is 0 Å². The minimum Gasteiger partial charge on any atom is -1.00 e. The van der Waals surface area contributed by atoms with Gasteiger partial charge in [-0.3, -0.25) is 0 Å². The molecule has 0 aliphatic heterocycles. The third kappa shape index (κ3) is 5.36. The van der Waals surface area contributed by atoms with E-state index in [1.807, 2.05) is 0 Å². The number of rotatable bonds is 8. The molecule has 0 heterocycles. The van der Waals surface area contributed by atoms with E-state index in [0.29, 0.717) is 0 Å². The largest absolute Gasteiger partial charge is 4.00 e. The minimum atomic E-state index is -1.96. The third-order valence-electron chi connectivity index (χ3n) is 8.23. The molecule has 2 aromatic carbocycles. The fourth-order valence-electron chi connectivity index (χ4n) is 6.30. The van der Waals surface area contributed by atoms with Crippen molar-refractivity contribution in [3.8, 4) is 0 Å². The van der Waals surface area contributed by atoms with Gasteiger partial charge in [0.2, 0.25) is 0 Å². The van der Waals surface area contributed by atoms with Crippen molar-refractivity contribution in [1.29, 1.82) is 0 Å². The van der Waals surface area contributed by atoms with Crippen LogP contribution < -0.4 is 35.2 Å². The van der Waals surface area contributed by atoms with Crippen LogP contribution in [0, 0.1) is 0 Å². The fraction of sp³-hybridized carbons (Fsp3) is 0.615. The summed E-state index contributed by atoms with van der Waals surface area (Å²) in [6.07, 6.45) is 10.6. The van der Waals surface area contributed by atoms with Gasteiger partial charge >= 0.3 is 26.2 Å². The van der Waals surface area contributed by atoms with Crippen LogP contribution in [0.1, 0.15) is 75.6 Å². The van der Waals surface area contributed by atoms with Crippen molar-refractivity contribution in [2.24, 2.45) is 0 Å². The van der Waals surface area contributed by atoms with E-state index in [9.17, 15) is 0 Å². The normalized spacial score (nSPS) is 15.6. The first-order valence-electron chi connectivity index (χ1n) is 12.4. The van der Waals surface area contributed by atoms with Crippen molar-refractivity contribution in [1.82, 2.24) is 0 Å². The summed E-state index contributed by atoms with van der Waals surface area (Å²) in [5, 5.41) is 3.35. The van der Waals surface area contributed by atoms with Crippen molar-refractivity contribution in [2.75, 3.05) is 0 Å². The second kappa shape index (κ2) is 13.0. The summed E-state index contributed by atoms with van der Waals surface area (Å²) in [6.45, 7) is 9.68. The molecule has 0 amide bonds. The van der Waals surface area contributed by atoms with Crippen LogP contribution in [-0.2, 0) is 56.0 Å². The SMILES string of the molecule is CC[Si](CC)(O[Si](CC)(CC)[c-]1ccc2c1CCCC2)[c-]1ccc2c1CCCC2.[Cl-].[Cl-].[Zr+4]. The van der Waals surface area contributed by atoms with Gasteiger partial charge in [-0.1, -0.05) is 79.1 Å². The predicted octanol–water partition coefficient (Wildman–Crippen LogP) is -0.0111. The average molecular weight is 587 g/mol. The van der Waals surface area contributed by atoms with E-state index in [1.54, 1.807) is 32.6 Å². The van der Waals surface area contributed by atoms with Crippen LogP contribution in [0.2, 0.25) is 24.2 Å². The Morgan fingerprint density at radius 3 is 1.34 bits per heavy atom. The van der Waals surface area contributed by atoms with Crippen molar-refractivity contribution < 1.29 is 55.1 Å². The maximum Gasteiger partial charge on any atom is 4.00 e. The van der Waals surface area contributed by atoms with Crippen LogP contribution in [-0.4, -0.2) is 16.6 Å². The van der Waals surface area contributed by atoms with E-state index >= 15 is 0 Å². The zero-order chi connectivity index (χ0) is 20.5. The Morgan fingerprint density at radius 2 is 1.00 bits per heavy atom. The first kappa shape index (κ1) is 30.6. The summed E-state index contributed by atoms with van der Waals surface area (Å²) < 4.78 is 7.72. The van der Waals surface area contributed by atoms with E-state index in [4.69, 9.17) is 4.12 Å². The molecule has 2 aliphatic rings. The molecule has 0 bridgehead atoms. The van der Waals surface area contributed by atoms with Crippen LogP contribution in [0.5, 0.6) is 0 Å². The molecule has 0 atom stereocenters. The Balaban J connectivity index is 0.00000171. The summed E-state index contributed by atoms with van der Waals surface area (Å²) in [7, 11) is -3.93. The summed E-state index contributed by atoms with van der Waals surface area (Å²) in [5.74, 6) is 0. The maximum absolute atomic E-state index is 7.72. The van der Waals surface area contributed by atoms with Crippen molar-refractivity contribution in [2.45, 2.75) is 103 Å². The smallest absolute Gasteiger partial charge is 1.00 e. The van der Waals surface area contributed by atoms with E-state index in [-0.39, 0.29) is 51.0 Å². The first-order chi connectivity index (χ1) is 14.1. The zero-order valence-electron chi connectivity index (χ0n) is 20.5. The fourth-order valence-corrected chi connectivity index (χ4v) is 17.4. The number of aryl methyl sites for hydroxylation is 2. The molecular weight excluding hydrogens is 547 g/mol. The first-order valence-corrected chi connectivity index (χ1v) is 17.0. The van der Waals surface area contributed by atoms with Gasteiger partial charge in [-0.2, -0.15) is 34.4 Å². The molecule has 0 radical (unpaired) electrons. The van der Waals surface area contributed by atoms with Crippen LogP contribution in [0.25, 0.3) is 0 Å². The Hall–Kier alpha value is 0.557. The number of fused-ring (bicyclic) bond motifs is 2. The van der Waals surface area contributed by atoms with Crippen LogP contribution in [0.4, 0.5) is 0 Å². The van der Waals surface area contributed by atoms with Crippen LogP contribution in [0.15, 0.2) is 24.3 Å². The Kier molecular flexibility index (Phi) is 12.5. The van der Waals surface area contributed by atoms with Gasteiger partial charge < -0.3 is 28.9 Å². The van der Waals surface area contributed by atoms with E-state index < -0.39 is 16.6 Å². The monoisotopic (exact) mass is 584 g/mol. The zero-order valence-corrected chi connectivity index (χ0v) is 26.4. The Morgan fingerprint density at radius 1 is 0.656 bits per heavy atom. The third-order valence-corrected chi connectivity index (χ3v) is 18.8. The molecule has 0 saturated carbocycles. The molecule has 1 nitrogen and oxygen atoms in total. The standard InChI is InChI=1S/C26H40OSi2.2ClH.Zr/c1-5-28(6-2,25-19-17-21-13-9-11-15-23(21)25)27-29(7-3,8-4)26-20-18-22-14-10-12-16-24(22)26;;;/h17-20H,5-16H2,1-4H3;2*1H;/q-2;;;+4/p-2. The summed E-state index contributed by atoms with van der Waals surface area (Å²) in [4.78, 5) is 0. The molecule has 0 fully saturated rings. The molecule has 0 spiro atoms. The molecule has 2 aliphatic carbocycles. The number of halogens is 2. The average Bonchev–Trinajstić information content (AvgIpc) is 3.41. The van der Waals surface area contributed by atoms with Crippen molar-refractivity contribution >= 4 is 27.0 Å². The van der Waals surface area contributed by atoms with Gasteiger partial charge in [0, 0.05) is 0 Å². The summed E-state index contributed by atoms with van der Waals surface area (Å²) in [5.41, 5.74) is 6.68. The summed E-state index contributed by atoms with van der Waals surface area (Å²) in [6, 6.07) is 14.8.